The van der Waals surface area contributed by atoms with Crippen molar-refractivity contribution in [3.8, 4) is 17.2 Å². The van der Waals surface area contributed by atoms with Gasteiger partial charge in [-0.15, -0.1) is 0 Å². The summed E-state index contributed by atoms with van der Waals surface area (Å²) in [4.78, 5) is 7.20. The van der Waals surface area contributed by atoms with Gasteiger partial charge in [-0.05, 0) is 62.2 Å². The molecule has 0 spiro atoms. The van der Waals surface area contributed by atoms with Gasteiger partial charge < -0.3 is 19.5 Å². The van der Waals surface area contributed by atoms with Crippen molar-refractivity contribution in [3.05, 3.63) is 42.5 Å². The Morgan fingerprint density at radius 2 is 2.00 bits per heavy atom. The zero-order valence-corrected chi connectivity index (χ0v) is 18.0. The Kier molecular flexibility index (Phi) is 5.64. The van der Waals surface area contributed by atoms with Crippen molar-refractivity contribution >= 4 is 26.7 Å². The summed E-state index contributed by atoms with van der Waals surface area (Å²) in [7, 11) is 1.69. The largest absolute Gasteiger partial charge is 0.497 e. The van der Waals surface area contributed by atoms with Crippen LogP contribution in [0.15, 0.2) is 42.5 Å². The van der Waals surface area contributed by atoms with Gasteiger partial charge in [0.1, 0.15) is 18.5 Å². The van der Waals surface area contributed by atoms with Gasteiger partial charge >= 0.3 is 0 Å². The fourth-order valence-electron chi connectivity index (χ4n) is 4.15. The summed E-state index contributed by atoms with van der Waals surface area (Å²) in [5.41, 5.74) is 1.02. The number of thiazole rings is 1. The van der Waals surface area contributed by atoms with Gasteiger partial charge in [0.15, 0.2) is 16.6 Å². The molecule has 0 amide bonds. The van der Waals surface area contributed by atoms with Crippen LogP contribution in [-0.4, -0.2) is 55.9 Å². The summed E-state index contributed by atoms with van der Waals surface area (Å²) < 4.78 is 18.4. The standard InChI is InChI=1S/C23H27N3O3S/c1-27-17-6-7-19-22(12-17)30-23(25-19)24-13-16-8-10-26(11-9-16)14-18-15-28-20-4-2-3-5-21(20)29-18/h2-7,12,16,18H,8-11,13-15H2,1H3,(H,24,25). The van der Waals surface area contributed by atoms with Crippen molar-refractivity contribution in [2.45, 2.75) is 18.9 Å². The van der Waals surface area contributed by atoms with Crippen LogP contribution >= 0.6 is 11.3 Å². The average Bonchev–Trinajstić information content (AvgIpc) is 3.20. The van der Waals surface area contributed by atoms with Gasteiger partial charge in [-0.1, -0.05) is 23.5 Å². The van der Waals surface area contributed by atoms with Crippen LogP contribution in [0.4, 0.5) is 5.13 Å². The topological polar surface area (TPSA) is 55.9 Å². The minimum Gasteiger partial charge on any atom is -0.497 e. The van der Waals surface area contributed by atoms with Gasteiger partial charge in [0, 0.05) is 13.1 Å². The summed E-state index contributed by atoms with van der Waals surface area (Å²) in [6.45, 7) is 4.73. The molecule has 1 unspecified atom stereocenters. The molecule has 2 aliphatic rings. The highest BCUT2D eigenvalue weighted by atomic mass is 32.1. The Bertz CT molecular complexity index is 1000. The number of aromatic nitrogens is 1. The van der Waals surface area contributed by atoms with Crippen LogP contribution in [0, 0.1) is 5.92 Å². The van der Waals surface area contributed by atoms with E-state index in [2.05, 4.69) is 10.2 Å². The first-order chi connectivity index (χ1) is 14.8. The van der Waals surface area contributed by atoms with E-state index in [-0.39, 0.29) is 6.10 Å². The highest BCUT2D eigenvalue weighted by molar-refractivity contribution is 7.22. The summed E-state index contributed by atoms with van der Waals surface area (Å²) in [5.74, 6) is 3.26. The van der Waals surface area contributed by atoms with Crippen LogP contribution in [0.25, 0.3) is 10.2 Å². The summed E-state index contributed by atoms with van der Waals surface area (Å²) in [6, 6.07) is 13.9. The minimum absolute atomic E-state index is 0.106. The number of piperidine rings is 1. The maximum absolute atomic E-state index is 6.12. The number of ether oxygens (including phenoxy) is 3. The third kappa shape index (κ3) is 4.32. The molecule has 0 aliphatic carbocycles. The highest BCUT2D eigenvalue weighted by Crippen LogP contribution is 2.32. The number of nitrogens with one attached hydrogen (secondary N) is 1. The monoisotopic (exact) mass is 425 g/mol. The van der Waals surface area contributed by atoms with E-state index in [1.165, 1.54) is 12.8 Å². The molecule has 2 aromatic carbocycles. The SMILES string of the molecule is COc1ccc2nc(NCC3CCN(CC4COc5ccccc5O4)CC3)sc2c1. The number of anilines is 1. The minimum atomic E-state index is 0.106. The van der Waals surface area contributed by atoms with Crippen LogP contribution in [0.3, 0.4) is 0 Å². The second kappa shape index (κ2) is 8.70. The molecule has 3 aromatic rings. The molecule has 3 heterocycles. The lowest BCUT2D eigenvalue weighted by Gasteiger charge is -2.35. The van der Waals surface area contributed by atoms with E-state index in [0.717, 1.165) is 58.8 Å². The van der Waals surface area contributed by atoms with Crippen LogP contribution in [-0.2, 0) is 0 Å². The summed E-state index contributed by atoms with van der Waals surface area (Å²) >= 11 is 1.69. The van der Waals surface area contributed by atoms with Gasteiger partial charge in [0.2, 0.25) is 0 Å². The van der Waals surface area contributed by atoms with Crippen molar-refractivity contribution < 1.29 is 14.2 Å². The Labute approximate surface area is 180 Å². The van der Waals surface area contributed by atoms with Crippen LogP contribution in [0.5, 0.6) is 17.2 Å². The first-order valence-electron chi connectivity index (χ1n) is 10.6. The number of para-hydroxylation sites is 2. The van der Waals surface area contributed by atoms with E-state index in [1.54, 1.807) is 18.4 Å². The first-order valence-corrected chi connectivity index (χ1v) is 11.4. The fraction of sp³-hybridized carbons (Fsp3) is 0.435. The van der Waals surface area contributed by atoms with Gasteiger partial charge in [-0.3, -0.25) is 4.90 Å². The molecule has 0 saturated carbocycles. The van der Waals surface area contributed by atoms with Gasteiger partial charge in [0.25, 0.3) is 0 Å². The van der Waals surface area contributed by atoms with Crippen molar-refractivity contribution in [2.75, 3.05) is 45.2 Å². The number of likely N-dealkylation sites (tertiary alicyclic amines) is 1. The molecule has 6 nitrogen and oxygen atoms in total. The molecule has 30 heavy (non-hydrogen) atoms. The Morgan fingerprint density at radius 1 is 1.17 bits per heavy atom. The van der Waals surface area contributed by atoms with Crippen LogP contribution in [0.2, 0.25) is 0 Å². The predicted molar refractivity (Wildman–Crippen MR) is 120 cm³/mol. The Morgan fingerprint density at radius 3 is 2.83 bits per heavy atom. The van der Waals surface area contributed by atoms with Crippen LogP contribution in [0.1, 0.15) is 12.8 Å². The lowest BCUT2D eigenvalue weighted by molar-refractivity contribution is 0.0485. The predicted octanol–water partition coefficient (Wildman–Crippen LogP) is 4.27. The molecule has 0 radical (unpaired) electrons. The number of rotatable bonds is 6. The second-order valence-corrected chi connectivity index (χ2v) is 9.01. The van der Waals surface area contributed by atoms with E-state index in [0.29, 0.717) is 12.5 Å². The van der Waals surface area contributed by atoms with E-state index in [4.69, 9.17) is 19.2 Å². The van der Waals surface area contributed by atoms with E-state index >= 15 is 0 Å². The second-order valence-electron chi connectivity index (χ2n) is 7.98. The molecule has 1 fully saturated rings. The molecule has 0 bridgehead atoms. The molecule has 2 aliphatic heterocycles. The van der Waals surface area contributed by atoms with Crippen molar-refractivity contribution in [1.29, 1.82) is 0 Å². The molecule has 1 N–H and O–H groups in total. The molecule has 1 atom stereocenters. The zero-order valence-electron chi connectivity index (χ0n) is 17.2. The smallest absolute Gasteiger partial charge is 0.183 e. The molecule has 5 rings (SSSR count). The number of nitrogens with zero attached hydrogens (tertiary/aromatic N) is 2. The lowest BCUT2D eigenvalue weighted by Crippen LogP contribution is -2.44. The van der Waals surface area contributed by atoms with Gasteiger partial charge in [0.05, 0.1) is 17.3 Å². The number of benzene rings is 2. The average molecular weight is 426 g/mol. The third-order valence-electron chi connectivity index (χ3n) is 5.87. The number of fused-ring (bicyclic) bond motifs is 2. The van der Waals surface area contributed by atoms with Crippen molar-refractivity contribution in [2.24, 2.45) is 5.92 Å². The molecule has 1 saturated heterocycles. The maximum atomic E-state index is 6.12. The summed E-state index contributed by atoms with van der Waals surface area (Å²) in [5, 5.41) is 4.54. The van der Waals surface area contributed by atoms with Crippen LogP contribution < -0.4 is 19.5 Å². The van der Waals surface area contributed by atoms with E-state index < -0.39 is 0 Å². The molecular weight excluding hydrogens is 398 g/mol. The van der Waals surface area contributed by atoms with Gasteiger partial charge in [-0.25, -0.2) is 4.98 Å². The van der Waals surface area contributed by atoms with E-state index in [1.807, 2.05) is 42.5 Å². The van der Waals surface area contributed by atoms with E-state index in [9.17, 15) is 0 Å². The molecule has 158 valence electrons. The Balaban J connectivity index is 1.08. The normalized spacial score (nSPS) is 19.7. The lowest BCUT2D eigenvalue weighted by atomic mass is 9.96. The molecular formula is C23H27N3O3S. The highest BCUT2D eigenvalue weighted by Gasteiger charge is 2.26. The number of methoxy groups -OCH3 is 1. The van der Waals surface area contributed by atoms with Crippen molar-refractivity contribution in [3.63, 3.8) is 0 Å². The Hall–Kier alpha value is -2.51. The number of hydrogen-bond donors (Lipinski definition) is 1. The zero-order chi connectivity index (χ0) is 20.3. The van der Waals surface area contributed by atoms with Crippen molar-refractivity contribution in [1.82, 2.24) is 9.88 Å². The molecule has 7 heteroatoms. The maximum Gasteiger partial charge on any atom is 0.183 e. The van der Waals surface area contributed by atoms with Gasteiger partial charge in [-0.2, -0.15) is 0 Å². The summed E-state index contributed by atoms with van der Waals surface area (Å²) in [6.07, 6.45) is 2.49. The fourth-order valence-corrected chi connectivity index (χ4v) is 5.05. The third-order valence-corrected chi connectivity index (χ3v) is 6.85. The molecule has 1 aromatic heterocycles. The quantitative estimate of drug-likeness (QED) is 0.637. The first kappa shape index (κ1) is 19.5. The number of hydrogen-bond acceptors (Lipinski definition) is 7.